The highest BCUT2D eigenvalue weighted by molar-refractivity contribution is 5.77. The number of hydrogen-bond donors (Lipinski definition) is 3. The van der Waals surface area contributed by atoms with E-state index in [1.54, 1.807) is 0 Å². The SMILES string of the molecule is CC/C=C/C=C/C=C/C=C\CCCCCC(CC(=O)NC(CO)C(O)CCCCCCCCCCCCCCCCC)OC(=O)CCCCCCCC/C=C/C/C=C/C/C=C/CC. The standard InChI is InChI=1S/C57H99NO5/c1-4-7-10-13-16-19-22-25-27-29-32-35-38-41-44-47-50-57(62)63-53(48-45-42-39-36-33-30-24-21-18-15-12-9-6-3)51-56(61)58-54(52-59)55(60)49-46-43-40-37-34-31-28-26-23-20-17-14-11-8-5-2/h7,9-10,12,15-16,18-19,21,24-25,27,30,33,53-55,59-60H,4-6,8,11,13-14,17,20,22-23,26,28-29,31-32,34-52H2,1-3H3,(H,58,61)/b10-7+,12-9+,18-15+,19-16+,24-21+,27-25+,33-30-. The Labute approximate surface area is 389 Å². The Balaban J connectivity index is 4.63. The zero-order valence-corrected chi connectivity index (χ0v) is 41.2. The maximum absolute atomic E-state index is 13.2. The second-order valence-electron chi connectivity index (χ2n) is 17.6. The third-order valence-electron chi connectivity index (χ3n) is 11.6. The van der Waals surface area contributed by atoms with Crippen LogP contribution in [-0.2, 0) is 14.3 Å². The molecule has 0 aromatic rings. The Morgan fingerprint density at radius 3 is 1.51 bits per heavy atom. The molecule has 0 aromatic heterocycles. The van der Waals surface area contributed by atoms with Crippen LogP contribution in [0.25, 0.3) is 0 Å². The lowest BCUT2D eigenvalue weighted by molar-refractivity contribution is -0.151. The highest BCUT2D eigenvalue weighted by Gasteiger charge is 2.24. The Morgan fingerprint density at radius 2 is 0.937 bits per heavy atom. The molecule has 0 rings (SSSR count). The molecule has 0 spiro atoms. The van der Waals surface area contributed by atoms with Crippen molar-refractivity contribution in [3.05, 3.63) is 85.1 Å². The number of amides is 1. The molecule has 362 valence electrons. The third kappa shape index (κ3) is 45.4. The van der Waals surface area contributed by atoms with E-state index in [0.29, 0.717) is 19.3 Å². The summed E-state index contributed by atoms with van der Waals surface area (Å²) >= 11 is 0. The normalized spacial score (nSPS) is 13.9. The number of aliphatic hydroxyl groups excluding tert-OH is 2. The van der Waals surface area contributed by atoms with Crippen molar-refractivity contribution in [2.75, 3.05) is 6.61 Å². The van der Waals surface area contributed by atoms with Gasteiger partial charge in [0.05, 0.1) is 25.2 Å². The van der Waals surface area contributed by atoms with Crippen LogP contribution in [-0.4, -0.2) is 46.9 Å². The predicted molar refractivity (Wildman–Crippen MR) is 273 cm³/mol. The van der Waals surface area contributed by atoms with Gasteiger partial charge >= 0.3 is 5.97 Å². The van der Waals surface area contributed by atoms with E-state index in [0.717, 1.165) is 96.3 Å². The van der Waals surface area contributed by atoms with E-state index >= 15 is 0 Å². The first kappa shape index (κ1) is 60.0. The minimum absolute atomic E-state index is 0.0423. The van der Waals surface area contributed by atoms with Crippen molar-refractivity contribution in [1.29, 1.82) is 0 Å². The Morgan fingerprint density at radius 1 is 0.492 bits per heavy atom. The zero-order valence-electron chi connectivity index (χ0n) is 41.2. The molecule has 3 unspecified atom stereocenters. The van der Waals surface area contributed by atoms with E-state index in [9.17, 15) is 19.8 Å². The summed E-state index contributed by atoms with van der Waals surface area (Å²) in [6.07, 6.45) is 65.0. The van der Waals surface area contributed by atoms with Gasteiger partial charge in [-0.05, 0) is 77.0 Å². The van der Waals surface area contributed by atoms with E-state index in [-0.39, 0.29) is 24.9 Å². The summed E-state index contributed by atoms with van der Waals surface area (Å²) in [6.45, 7) is 6.22. The zero-order chi connectivity index (χ0) is 45.9. The Kier molecular flexibility index (Phi) is 47.7. The predicted octanol–water partition coefficient (Wildman–Crippen LogP) is 16.0. The lowest BCUT2D eigenvalue weighted by atomic mass is 10.0. The van der Waals surface area contributed by atoms with Gasteiger partial charge in [0, 0.05) is 6.42 Å². The summed E-state index contributed by atoms with van der Waals surface area (Å²) < 4.78 is 5.91. The van der Waals surface area contributed by atoms with Gasteiger partial charge in [0.2, 0.25) is 5.91 Å². The molecular formula is C57H99NO5. The molecule has 0 aliphatic carbocycles. The quantitative estimate of drug-likeness (QED) is 0.0245. The maximum atomic E-state index is 13.2. The molecule has 0 aliphatic heterocycles. The van der Waals surface area contributed by atoms with Crippen LogP contribution in [0.3, 0.4) is 0 Å². The third-order valence-corrected chi connectivity index (χ3v) is 11.6. The molecule has 6 heteroatoms. The van der Waals surface area contributed by atoms with Gasteiger partial charge < -0.3 is 20.3 Å². The number of allylic oxidation sites excluding steroid dienone is 14. The molecule has 6 nitrogen and oxygen atoms in total. The number of unbranched alkanes of at least 4 members (excludes halogenated alkanes) is 23. The first-order valence-corrected chi connectivity index (χ1v) is 26.4. The van der Waals surface area contributed by atoms with Crippen LogP contribution in [0.2, 0.25) is 0 Å². The van der Waals surface area contributed by atoms with Crippen LogP contribution in [0, 0.1) is 0 Å². The lowest BCUT2D eigenvalue weighted by Gasteiger charge is -2.24. The fourth-order valence-electron chi connectivity index (χ4n) is 7.63. The Hall–Kier alpha value is -2.96. The average Bonchev–Trinajstić information content (AvgIpc) is 3.28. The highest BCUT2D eigenvalue weighted by Crippen LogP contribution is 2.17. The maximum Gasteiger partial charge on any atom is 0.306 e. The van der Waals surface area contributed by atoms with Gasteiger partial charge in [0.25, 0.3) is 0 Å². The van der Waals surface area contributed by atoms with Gasteiger partial charge in [-0.3, -0.25) is 9.59 Å². The van der Waals surface area contributed by atoms with Gasteiger partial charge in [0.15, 0.2) is 0 Å². The van der Waals surface area contributed by atoms with Crippen LogP contribution in [0.4, 0.5) is 0 Å². The van der Waals surface area contributed by atoms with E-state index in [2.05, 4.69) is 86.8 Å². The number of carbonyl (C=O) groups is 2. The van der Waals surface area contributed by atoms with Crippen LogP contribution in [0.15, 0.2) is 85.1 Å². The molecule has 0 aromatic carbocycles. The number of esters is 1. The monoisotopic (exact) mass is 878 g/mol. The minimum Gasteiger partial charge on any atom is -0.462 e. The van der Waals surface area contributed by atoms with Crippen molar-refractivity contribution in [3.8, 4) is 0 Å². The van der Waals surface area contributed by atoms with Crippen molar-refractivity contribution < 1.29 is 24.5 Å². The Bertz CT molecular complexity index is 1210. The van der Waals surface area contributed by atoms with Crippen molar-refractivity contribution in [2.24, 2.45) is 0 Å². The topological polar surface area (TPSA) is 95.9 Å². The molecule has 0 saturated heterocycles. The van der Waals surface area contributed by atoms with Crippen LogP contribution < -0.4 is 5.32 Å². The minimum atomic E-state index is -0.805. The summed E-state index contributed by atoms with van der Waals surface area (Å²) in [5.74, 6) is -0.531. The van der Waals surface area contributed by atoms with Gasteiger partial charge in [-0.2, -0.15) is 0 Å². The largest absolute Gasteiger partial charge is 0.462 e. The number of carbonyl (C=O) groups excluding carboxylic acids is 2. The number of nitrogens with one attached hydrogen (secondary N) is 1. The van der Waals surface area contributed by atoms with Crippen molar-refractivity contribution in [1.82, 2.24) is 5.32 Å². The number of rotatable bonds is 46. The van der Waals surface area contributed by atoms with E-state index < -0.39 is 18.2 Å². The van der Waals surface area contributed by atoms with E-state index in [1.165, 1.54) is 96.3 Å². The molecule has 3 atom stereocenters. The molecule has 0 radical (unpaired) electrons. The van der Waals surface area contributed by atoms with Crippen LogP contribution in [0.1, 0.15) is 239 Å². The second kappa shape index (κ2) is 50.0. The molecule has 0 heterocycles. The number of hydrogen-bond acceptors (Lipinski definition) is 5. The molecular weight excluding hydrogens is 779 g/mol. The number of aliphatic hydroxyl groups is 2. The second-order valence-corrected chi connectivity index (χ2v) is 17.6. The summed E-state index contributed by atoms with van der Waals surface area (Å²) in [6, 6.07) is -0.722. The molecule has 0 saturated carbocycles. The van der Waals surface area contributed by atoms with Gasteiger partial charge in [-0.25, -0.2) is 0 Å². The van der Waals surface area contributed by atoms with Crippen molar-refractivity contribution >= 4 is 11.9 Å². The molecule has 3 N–H and O–H groups in total. The van der Waals surface area contributed by atoms with Gasteiger partial charge in [-0.15, -0.1) is 0 Å². The summed E-state index contributed by atoms with van der Waals surface area (Å²) in [4.78, 5) is 26.2. The fraction of sp³-hybridized carbons (Fsp3) is 0.719. The fourth-order valence-corrected chi connectivity index (χ4v) is 7.63. The number of ether oxygens (including phenoxy) is 1. The van der Waals surface area contributed by atoms with Crippen molar-refractivity contribution in [2.45, 2.75) is 257 Å². The first-order valence-electron chi connectivity index (χ1n) is 26.4. The molecule has 1 amide bonds. The molecule has 63 heavy (non-hydrogen) atoms. The summed E-state index contributed by atoms with van der Waals surface area (Å²) in [5, 5.41) is 23.8. The van der Waals surface area contributed by atoms with E-state index in [4.69, 9.17) is 4.74 Å². The summed E-state index contributed by atoms with van der Waals surface area (Å²) in [7, 11) is 0. The molecule has 0 aliphatic rings. The van der Waals surface area contributed by atoms with Crippen LogP contribution in [0.5, 0.6) is 0 Å². The highest BCUT2D eigenvalue weighted by atomic mass is 16.5. The van der Waals surface area contributed by atoms with Crippen LogP contribution >= 0.6 is 0 Å². The van der Waals surface area contributed by atoms with Gasteiger partial charge in [-0.1, -0.05) is 234 Å². The summed E-state index contributed by atoms with van der Waals surface area (Å²) in [5.41, 5.74) is 0. The smallest absolute Gasteiger partial charge is 0.306 e. The van der Waals surface area contributed by atoms with Crippen molar-refractivity contribution in [3.63, 3.8) is 0 Å². The van der Waals surface area contributed by atoms with E-state index in [1.807, 2.05) is 24.3 Å². The molecule has 0 bridgehead atoms. The molecule has 0 fully saturated rings. The first-order chi connectivity index (χ1) is 31.0. The lowest BCUT2D eigenvalue weighted by Crippen LogP contribution is -2.46. The average molecular weight is 878 g/mol. The van der Waals surface area contributed by atoms with Gasteiger partial charge in [0.1, 0.15) is 6.10 Å².